The molecule has 1 aromatic rings. The Labute approximate surface area is 104 Å². The van der Waals surface area contributed by atoms with Gasteiger partial charge in [-0.3, -0.25) is 0 Å². The van der Waals surface area contributed by atoms with E-state index < -0.39 is 0 Å². The molecule has 0 saturated carbocycles. The van der Waals surface area contributed by atoms with Crippen molar-refractivity contribution in [3.05, 3.63) is 18.2 Å². The van der Waals surface area contributed by atoms with E-state index >= 15 is 0 Å². The molecule has 0 fully saturated rings. The largest absolute Gasteiger partial charge is 0.478 e. The maximum atomic E-state index is 5.74. The Morgan fingerprint density at radius 1 is 1.41 bits per heavy atom. The van der Waals surface area contributed by atoms with Crippen LogP contribution in [0, 0.1) is 5.92 Å². The molecule has 0 saturated heterocycles. The average molecular weight is 237 g/mol. The van der Waals surface area contributed by atoms with Gasteiger partial charge in [-0.15, -0.1) is 0 Å². The van der Waals surface area contributed by atoms with Crippen LogP contribution in [0.5, 0.6) is 5.88 Å². The third-order valence-electron chi connectivity index (χ3n) is 2.41. The summed E-state index contributed by atoms with van der Waals surface area (Å²) in [4.78, 5) is 4.37. The van der Waals surface area contributed by atoms with Gasteiger partial charge in [-0.25, -0.2) is 0 Å². The summed E-state index contributed by atoms with van der Waals surface area (Å²) in [6.45, 7) is 7.56. The summed E-state index contributed by atoms with van der Waals surface area (Å²) in [5, 5.41) is 3.34. The minimum Gasteiger partial charge on any atom is -0.478 e. The molecular formula is C13H23N3O. The van der Waals surface area contributed by atoms with Gasteiger partial charge < -0.3 is 15.8 Å². The molecule has 3 N–H and O–H groups in total. The third-order valence-corrected chi connectivity index (χ3v) is 2.41. The lowest BCUT2D eigenvalue weighted by molar-refractivity contribution is 0.327. The number of anilines is 1. The molecule has 1 heterocycles. The number of nitrogens with zero attached hydrogens (tertiary/aromatic N) is 1. The number of hydrogen-bond acceptors (Lipinski definition) is 4. The second-order valence-corrected chi connectivity index (χ2v) is 4.50. The number of nitrogens with one attached hydrogen (secondary N) is 1. The van der Waals surface area contributed by atoms with Crippen LogP contribution in [0.1, 0.15) is 27.2 Å². The summed E-state index contributed by atoms with van der Waals surface area (Å²) in [5.41, 5.74) is 5.74. The topological polar surface area (TPSA) is 60.2 Å². The molecule has 0 amide bonds. The summed E-state index contributed by atoms with van der Waals surface area (Å²) in [7, 11) is 0. The number of rotatable bonds is 7. The van der Waals surface area contributed by atoms with E-state index in [9.17, 15) is 0 Å². The molecule has 0 aliphatic heterocycles. The molecule has 0 spiro atoms. The first-order valence-corrected chi connectivity index (χ1v) is 6.22. The molecule has 17 heavy (non-hydrogen) atoms. The van der Waals surface area contributed by atoms with Crippen LogP contribution >= 0.6 is 0 Å². The lowest BCUT2D eigenvalue weighted by atomic mass is 10.0. The molecule has 0 aliphatic rings. The fraction of sp³-hybridized carbons (Fsp3) is 0.615. The molecule has 0 bridgehead atoms. The van der Waals surface area contributed by atoms with Crippen LogP contribution in [0.4, 0.5) is 5.82 Å². The quantitative estimate of drug-likeness (QED) is 0.763. The van der Waals surface area contributed by atoms with Crippen molar-refractivity contribution in [1.29, 1.82) is 0 Å². The van der Waals surface area contributed by atoms with Crippen LogP contribution in [0.15, 0.2) is 18.2 Å². The Kier molecular flexibility index (Phi) is 5.77. The minimum atomic E-state index is 0.263. The minimum absolute atomic E-state index is 0.263. The first-order chi connectivity index (χ1) is 8.15. The van der Waals surface area contributed by atoms with Gasteiger partial charge in [0.05, 0.1) is 6.61 Å². The van der Waals surface area contributed by atoms with Crippen molar-refractivity contribution in [2.24, 2.45) is 11.7 Å². The van der Waals surface area contributed by atoms with Gasteiger partial charge in [-0.2, -0.15) is 4.98 Å². The zero-order valence-corrected chi connectivity index (χ0v) is 10.9. The van der Waals surface area contributed by atoms with E-state index in [1.54, 1.807) is 0 Å². The van der Waals surface area contributed by atoms with Gasteiger partial charge in [0.15, 0.2) is 0 Å². The van der Waals surface area contributed by atoms with Crippen molar-refractivity contribution in [3.8, 4) is 5.88 Å². The maximum Gasteiger partial charge on any atom is 0.215 e. The lowest BCUT2D eigenvalue weighted by Gasteiger charge is -2.19. The number of pyridine rings is 1. The van der Waals surface area contributed by atoms with Crippen molar-refractivity contribution in [2.75, 3.05) is 18.5 Å². The summed E-state index contributed by atoms with van der Waals surface area (Å²) in [5.74, 6) is 2.09. The van der Waals surface area contributed by atoms with Gasteiger partial charge in [-0.1, -0.05) is 19.9 Å². The summed E-state index contributed by atoms with van der Waals surface area (Å²) < 4.78 is 5.36. The van der Waals surface area contributed by atoms with Crippen LogP contribution in [-0.2, 0) is 0 Å². The van der Waals surface area contributed by atoms with Crippen LogP contribution in [0.25, 0.3) is 0 Å². The number of nitrogens with two attached hydrogens (primary N) is 1. The van der Waals surface area contributed by atoms with Crippen LogP contribution < -0.4 is 15.8 Å². The highest BCUT2D eigenvalue weighted by Gasteiger charge is 2.09. The monoisotopic (exact) mass is 237 g/mol. The highest BCUT2D eigenvalue weighted by molar-refractivity contribution is 5.38. The first-order valence-electron chi connectivity index (χ1n) is 6.22. The average Bonchev–Trinajstić information content (AvgIpc) is 2.28. The van der Waals surface area contributed by atoms with Crippen molar-refractivity contribution >= 4 is 5.82 Å². The molecule has 4 heteroatoms. The zero-order chi connectivity index (χ0) is 12.7. The lowest BCUT2D eigenvalue weighted by Crippen LogP contribution is -2.30. The number of hydrogen-bond donors (Lipinski definition) is 2. The van der Waals surface area contributed by atoms with Crippen LogP contribution in [0.3, 0.4) is 0 Å². The van der Waals surface area contributed by atoms with Crippen molar-refractivity contribution in [1.82, 2.24) is 4.98 Å². The van der Waals surface area contributed by atoms with Crippen molar-refractivity contribution in [3.63, 3.8) is 0 Å². The van der Waals surface area contributed by atoms with Gasteiger partial charge in [0.1, 0.15) is 5.82 Å². The van der Waals surface area contributed by atoms with E-state index in [4.69, 9.17) is 10.5 Å². The molecule has 0 aliphatic carbocycles. The molecule has 1 unspecified atom stereocenters. The van der Waals surface area contributed by atoms with E-state index in [1.165, 1.54) is 0 Å². The van der Waals surface area contributed by atoms with Gasteiger partial charge in [-0.05, 0) is 25.3 Å². The molecule has 1 aromatic heterocycles. The second kappa shape index (κ2) is 7.12. The Morgan fingerprint density at radius 3 is 2.76 bits per heavy atom. The standard InChI is InChI=1S/C13H23N3O/c1-4-17-13-7-5-6-12(16-13)15-11(9-14)8-10(2)3/h5-7,10-11H,4,8-9,14H2,1-3H3,(H,15,16). The highest BCUT2D eigenvalue weighted by atomic mass is 16.5. The Balaban J connectivity index is 2.62. The number of aromatic nitrogens is 1. The van der Waals surface area contributed by atoms with E-state index in [0.717, 1.165) is 12.2 Å². The zero-order valence-electron chi connectivity index (χ0n) is 10.9. The Bertz CT molecular complexity index is 328. The van der Waals surface area contributed by atoms with E-state index in [1.807, 2.05) is 25.1 Å². The summed E-state index contributed by atoms with van der Waals surface area (Å²) >= 11 is 0. The van der Waals surface area contributed by atoms with Gasteiger partial charge >= 0.3 is 0 Å². The predicted molar refractivity (Wildman–Crippen MR) is 71.3 cm³/mol. The normalized spacial score (nSPS) is 12.5. The van der Waals surface area contributed by atoms with E-state index in [2.05, 4.69) is 24.1 Å². The van der Waals surface area contributed by atoms with E-state index in [-0.39, 0.29) is 6.04 Å². The number of ether oxygens (including phenoxy) is 1. The molecular weight excluding hydrogens is 214 g/mol. The van der Waals surface area contributed by atoms with Crippen LogP contribution in [-0.4, -0.2) is 24.2 Å². The first kappa shape index (κ1) is 13.8. The van der Waals surface area contributed by atoms with Crippen LogP contribution in [0.2, 0.25) is 0 Å². The van der Waals surface area contributed by atoms with Gasteiger partial charge in [0.2, 0.25) is 5.88 Å². The molecule has 1 rings (SSSR count). The van der Waals surface area contributed by atoms with Gasteiger partial charge in [0.25, 0.3) is 0 Å². The second-order valence-electron chi connectivity index (χ2n) is 4.50. The summed E-state index contributed by atoms with van der Waals surface area (Å²) in [6, 6.07) is 5.99. The van der Waals surface area contributed by atoms with Crippen molar-refractivity contribution < 1.29 is 4.74 Å². The molecule has 96 valence electrons. The SMILES string of the molecule is CCOc1cccc(NC(CN)CC(C)C)n1. The Hall–Kier alpha value is -1.29. The molecule has 0 radical (unpaired) electrons. The molecule has 4 nitrogen and oxygen atoms in total. The smallest absolute Gasteiger partial charge is 0.215 e. The van der Waals surface area contributed by atoms with Crippen molar-refractivity contribution in [2.45, 2.75) is 33.2 Å². The highest BCUT2D eigenvalue weighted by Crippen LogP contribution is 2.14. The molecule has 1 atom stereocenters. The fourth-order valence-electron chi connectivity index (χ4n) is 1.72. The third kappa shape index (κ3) is 5.04. The summed E-state index contributed by atoms with van der Waals surface area (Å²) in [6.07, 6.45) is 1.04. The maximum absolute atomic E-state index is 5.74. The molecule has 0 aromatic carbocycles. The predicted octanol–water partition coefficient (Wildman–Crippen LogP) is 2.27. The Morgan fingerprint density at radius 2 is 2.18 bits per heavy atom. The van der Waals surface area contributed by atoms with Gasteiger partial charge in [0, 0.05) is 18.7 Å². The van der Waals surface area contributed by atoms with E-state index in [0.29, 0.717) is 24.9 Å². The fourth-order valence-corrected chi connectivity index (χ4v) is 1.72.